The molecule has 0 aromatic carbocycles. The van der Waals surface area contributed by atoms with Crippen molar-refractivity contribution in [1.82, 2.24) is 0 Å². The van der Waals surface area contributed by atoms with Crippen molar-refractivity contribution in [3.05, 3.63) is 11.6 Å². The molecule has 0 radical (unpaired) electrons. The van der Waals surface area contributed by atoms with Gasteiger partial charge in [0.15, 0.2) is 5.79 Å². The van der Waals surface area contributed by atoms with E-state index in [1.807, 2.05) is 6.92 Å². The molecule has 5 nitrogen and oxygen atoms in total. The normalized spacial score (nSPS) is 34.3. The Morgan fingerprint density at radius 3 is 2.85 bits per heavy atom. The molecule has 4 atom stereocenters. The fourth-order valence-corrected chi connectivity index (χ4v) is 5.11. The summed E-state index contributed by atoms with van der Waals surface area (Å²) in [5.41, 5.74) is 0.825. The number of aliphatic hydroxyl groups excluding tert-OH is 1. The zero-order chi connectivity index (χ0) is 19.7. The average Bonchev–Trinajstić information content (AvgIpc) is 3.39. The third-order valence-electron chi connectivity index (χ3n) is 6.18. The Balaban J connectivity index is 1.72. The minimum atomic E-state index is -0.773. The molecule has 1 saturated carbocycles. The second-order valence-corrected chi connectivity index (χ2v) is 9.04. The van der Waals surface area contributed by atoms with E-state index in [2.05, 4.69) is 40.8 Å². The molecule has 1 saturated heterocycles. The quantitative estimate of drug-likeness (QED) is 0.216. The minimum Gasteiger partial charge on any atom is -0.456 e. The lowest BCUT2D eigenvalue weighted by Crippen LogP contribution is -2.51. The molecule has 150 valence electrons. The second kappa shape index (κ2) is 7.87. The number of fused-ring (bicyclic) bond motifs is 2. The lowest BCUT2D eigenvalue weighted by molar-refractivity contribution is -0.213. The van der Waals surface area contributed by atoms with E-state index in [-0.39, 0.29) is 11.2 Å². The Labute approximate surface area is 169 Å². The molecule has 27 heavy (non-hydrogen) atoms. The van der Waals surface area contributed by atoms with Crippen LogP contribution in [0.4, 0.5) is 0 Å². The van der Waals surface area contributed by atoms with Gasteiger partial charge in [-0.05, 0) is 38.5 Å². The molecule has 0 amide bonds. The summed E-state index contributed by atoms with van der Waals surface area (Å²) in [6.45, 7) is 7.33. The molecule has 1 aliphatic heterocycles. The fourth-order valence-electron chi connectivity index (χ4n) is 4.11. The number of hydrogen-bond donors (Lipinski definition) is 1. The monoisotopic (exact) mass is 440 g/mol. The van der Waals surface area contributed by atoms with Crippen molar-refractivity contribution in [3.63, 3.8) is 0 Å². The maximum absolute atomic E-state index is 11.4. The van der Waals surface area contributed by atoms with Crippen LogP contribution >= 0.6 is 15.9 Å². The maximum atomic E-state index is 11.4. The molecular weight excluding hydrogens is 412 g/mol. The molecule has 3 aliphatic rings. The number of ether oxygens (including phenoxy) is 3. The van der Waals surface area contributed by atoms with Crippen molar-refractivity contribution in [1.29, 1.82) is 0 Å². The van der Waals surface area contributed by atoms with Crippen molar-refractivity contribution in [2.45, 2.75) is 69.6 Å². The van der Waals surface area contributed by atoms with E-state index < -0.39 is 23.3 Å². The molecule has 0 spiro atoms. The highest BCUT2D eigenvalue weighted by Gasteiger charge is 2.63. The van der Waals surface area contributed by atoms with E-state index in [4.69, 9.17) is 14.2 Å². The highest BCUT2D eigenvalue weighted by atomic mass is 79.9. The van der Waals surface area contributed by atoms with E-state index >= 15 is 0 Å². The summed E-state index contributed by atoms with van der Waals surface area (Å²) in [4.78, 5) is 11.2. The number of rotatable bonds is 7. The van der Waals surface area contributed by atoms with Gasteiger partial charge in [-0.25, -0.2) is 4.79 Å². The highest BCUT2D eigenvalue weighted by Crippen LogP contribution is 2.57. The van der Waals surface area contributed by atoms with E-state index in [9.17, 15) is 9.90 Å². The summed E-state index contributed by atoms with van der Waals surface area (Å²) in [5.74, 6) is 3.85. The van der Waals surface area contributed by atoms with Gasteiger partial charge < -0.3 is 19.3 Å². The summed E-state index contributed by atoms with van der Waals surface area (Å²) in [5, 5.41) is 10.9. The number of hydrogen-bond acceptors (Lipinski definition) is 5. The molecular formula is C21H29BrO5. The number of halogens is 1. The zero-order valence-corrected chi connectivity index (χ0v) is 17.9. The predicted molar refractivity (Wildman–Crippen MR) is 105 cm³/mol. The van der Waals surface area contributed by atoms with E-state index in [1.165, 1.54) is 12.8 Å². The zero-order valence-electron chi connectivity index (χ0n) is 16.3. The number of carbonyl (C=O) groups excluding carboxylic acids is 1. The molecule has 1 heterocycles. The standard InChI is InChI=1S/C21H29BrO5/c1-4-19(9-10-19)13-26-21-12-15(3)11-20(14-27-21,18(21)22)16(23)7-6-8-17(24)25-5-2/h11,16,18,23H,4-5,7,9-10,12-14H2,1-3H3/t16-,18+,20+,21+/m1/s1. The van der Waals surface area contributed by atoms with E-state index in [0.29, 0.717) is 31.7 Å². The predicted octanol–water partition coefficient (Wildman–Crippen LogP) is 3.34. The van der Waals surface area contributed by atoms with E-state index in [0.717, 1.165) is 12.0 Å². The van der Waals surface area contributed by atoms with Crippen LogP contribution in [0.2, 0.25) is 0 Å². The van der Waals surface area contributed by atoms with Gasteiger partial charge >= 0.3 is 5.97 Å². The molecule has 0 unspecified atom stereocenters. The van der Waals surface area contributed by atoms with Crippen molar-refractivity contribution >= 4 is 21.9 Å². The van der Waals surface area contributed by atoms with Crippen LogP contribution in [0, 0.1) is 22.7 Å². The molecule has 1 N–H and O–H groups in total. The van der Waals surface area contributed by atoms with Gasteiger partial charge in [0.05, 0.1) is 36.2 Å². The van der Waals surface area contributed by atoms with Gasteiger partial charge in [-0.1, -0.05) is 40.4 Å². The van der Waals surface area contributed by atoms with Crippen LogP contribution in [0.25, 0.3) is 0 Å². The van der Waals surface area contributed by atoms with Crippen LogP contribution in [0.1, 0.15) is 52.9 Å². The minimum absolute atomic E-state index is 0.170. The SMILES string of the molecule is CCOC(=O)C#CC[C@@H](O)[C@]12C=C(C)C[C@](OCC3(CC)CC3)(OC1)[C@H]2Br. The number of alkyl halides is 1. The highest BCUT2D eigenvalue weighted by molar-refractivity contribution is 9.09. The van der Waals surface area contributed by atoms with Crippen LogP contribution < -0.4 is 0 Å². The van der Waals surface area contributed by atoms with Gasteiger partial charge in [-0.2, -0.15) is 0 Å². The lowest BCUT2D eigenvalue weighted by Gasteiger charge is -2.42. The molecule has 6 heteroatoms. The Morgan fingerprint density at radius 1 is 1.48 bits per heavy atom. The third kappa shape index (κ3) is 3.98. The molecule has 2 fully saturated rings. The number of carbonyl (C=O) groups is 1. The Morgan fingerprint density at radius 2 is 2.22 bits per heavy atom. The van der Waals surface area contributed by atoms with Gasteiger partial charge in [0.2, 0.25) is 0 Å². The molecule has 2 aliphatic carbocycles. The van der Waals surface area contributed by atoms with Gasteiger partial charge in [0.25, 0.3) is 0 Å². The van der Waals surface area contributed by atoms with Crippen LogP contribution in [0.15, 0.2) is 11.6 Å². The van der Waals surface area contributed by atoms with Crippen LogP contribution in [0.3, 0.4) is 0 Å². The van der Waals surface area contributed by atoms with Gasteiger partial charge in [-0.3, -0.25) is 0 Å². The summed E-state index contributed by atoms with van der Waals surface area (Å²) in [6, 6.07) is 0. The van der Waals surface area contributed by atoms with Crippen molar-refractivity contribution in [2.24, 2.45) is 10.8 Å². The van der Waals surface area contributed by atoms with Crippen LogP contribution in [0.5, 0.6) is 0 Å². The number of aliphatic hydroxyl groups is 1. The molecule has 0 aromatic heterocycles. The van der Waals surface area contributed by atoms with Crippen LogP contribution in [-0.4, -0.2) is 47.6 Å². The number of esters is 1. The average molecular weight is 441 g/mol. The Bertz CT molecular complexity index is 674. The van der Waals surface area contributed by atoms with Gasteiger partial charge in [-0.15, -0.1) is 0 Å². The Kier molecular flexibility index (Phi) is 6.08. The molecule has 3 rings (SSSR count). The summed E-state index contributed by atoms with van der Waals surface area (Å²) >= 11 is 3.79. The first-order valence-electron chi connectivity index (χ1n) is 9.75. The van der Waals surface area contributed by atoms with Crippen molar-refractivity contribution in [3.8, 4) is 11.8 Å². The Hall–Kier alpha value is -0.870. The largest absolute Gasteiger partial charge is 0.456 e. The topological polar surface area (TPSA) is 65.0 Å². The van der Waals surface area contributed by atoms with Gasteiger partial charge in [0.1, 0.15) is 0 Å². The first-order valence-corrected chi connectivity index (χ1v) is 10.7. The van der Waals surface area contributed by atoms with E-state index in [1.54, 1.807) is 6.92 Å². The van der Waals surface area contributed by atoms with Crippen molar-refractivity contribution < 1.29 is 24.1 Å². The summed E-state index contributed by atoms with van der Waals surface area (Å²) in [6.07, 6.45) is 5.70. The van der Waals surface area contributed by atoms with Crippen LogP contribution in [-0.2, 0) is 19.0 Å². The third-order valence-corrected chi connectivity index (χ3v) is 7.73. The lowest BCUT2D eigenvalue weighted by atomic mass is 9.72. The van der Waals surface area contributed by atoms with Crippen molar-refractivity contribution in [2.75, 3.05) is 19.8 Å². The first-order chi connectivity index (χ1) is 12.8. The van der Waals surface area contributed by atoms with Gasteiger partial charge in [0, 0.05) is 18.8 Å². The first kappa shape index (κ1) is 20.9. The fraction of sp³-hybridized carbons (Fsp3) is 0.762. The smallest absolute Gasteiger partial charge is 0.384 e. The molecule has 0 aromatic rings. The second-order valence-electron chi connectivity index (χ2n) is 8.13. The summed E-state index contributed by atoms with van der Waals surface area (Å²) < 4.78 is 17.4. The molecule has 2 bridgehead atoms. The summed E-state index contributed by atoms with van der Waals surface area (Å²) in [7, 11) is 0. The maximum Gasteiger partial charge on any atom is 0.384 e.